The molecule has 0 bridgehead atoms. The smallest absolute Gasteiger partial charge is 0.124 e. The van der Waals surface area contributed by atoms with Crippen LogP contribution in [-0.2, 0) is 20.0 Å². The number of aromatic hydroxyl groups is 1. The number of aromatic nitrogens is 1. The number of rotatable bonds is 2. The molecule has 1 aromatic heterocycles. The molecule has 1 heterocycles. The van der Waals surface area contributed by atoms with Gasteiger partial charge in [-0.15, -0.1) is 0 Å². The third-order valence-corrected chi connectivity index (χ3v) is 2.94. The third kappa shape index (κ3) is 1.39. The second-order valence-corrected chi connectivity index (χ2v) is 3.76. The molecule has 0 aliphatic carbocycles. The molecule has 0 atom stereocenters. The predicted molar refractivity (Wildman–Crippen MR) is 61.9 cm³/mol. The number of nitrogens with two attached hydrogens (primary N) is 1. The normalized spacial score (nSPS) is 11.1. The van der Waals surface area contributed by atoms with Crippen LogP contribution in [0.4, 0.5) is 0 Å². The molecule has 3 nitrogen and oxygen atoms in total. The molecule has 15 heavy (non-hydrogen) atoms. The SMILES string of the molecule is CCc1ccc(O)c2cc(CN)n(C)c12. The number of fused-ring (bicyclic) bond motifs is 1. The van der Waals surface area contributed by atoms with Crippen LogP contribution in [0.1, 0.15) is 18.2 Å². The molecule has 80 valence electrons. The summed E-state index contributed by atoms with van der Waals surface area (Å²) in [4.78, 5) is 0. The van der Waals surface area contributed by atoms with E-state index in [2.05, 4.69) is 11.5 Å². The van der Waals surface area contributed by atoms with Crippen LogP contribution >= 0.6 is 0 Å². The van der Waals surface area contributed by atoms with Gasteiger partial charge in [0.15, 0.2) is 0 Å². The summed E-state index contributed by atoms with van der Waals surface area (Å²) in [5.41, 5.74) is 9.03. The second kappa shape index (κ2) is 3.59. The van der Waals surface area contributed by atoms with Gasteiger partial charge in [0.2, 0.25) is 0 Å². The lowest BCUT2D eigenvalue weighted by atomic mass is 10.1. The minimum absolute atomic E-state index is 0.331. The quantitative estimate of drug-likeness (QED) is 0.785. The van der Waals surface area contributed by atoms with E-state index in [1.807, 2.05) is 19.2 Å². The Hall–Kier alpha value is -1.48. The third-order valence-electron chi connectivity index (χ3n) is 2.94. The fourth-order valence-electron chi connectivity index (χ4n) is 2.07. The van der Waals surface area contributed by atoms with Crippen molar-refractivity contribution in [1.29, 1.82) is 0 Å². The van der Waals surface area contributed by atoms with E-state index in [0.29, 0.717) is 12.3 Å². The van der Waals surface area contributed by atoms with E-state index in [0.717, 1.165) is 23.0 Å². The summed E-state index contributed by atoms with van der Waals surface area (Å²) >= 11 is 0. The summed E-state index contributed by atoms with van der Waals surface area (Å²) in [5, 5.41) is 10.7. The number of phenols is 1. The van der Waals surface area contributed by atoms with Crippen LogP contribution in [0.2, 0.25) is 0 Å². The van der Waals surface area contributed by atoms with Gasteiger partial charge in [0.05, 0.1) is 5.52 Å². The molecular weight excluding hydrogens is 188 g/mol. The number of hydrogen-bond acceptors (Lipinski definition) is 2. The number of aryl methyl sites for hydroxylation is 2. The molecular formula is C12H16N2O. The Morgan fingerprint density at radius 2 is 2.13 bits per heavy atom. The van der Waals surface area contributed by atoms with E-state index >= 15 is 0 Å². The summed E-state index contributed by atoms with van der Waals surface area (Å²) in [7, 11) is 1.99. The van der Waals surface area contributed by atoms with E-state index in [9.17, 15) is 5.11 Å². The first-order valence-electron chi connectivity index (χ1n) is 5.18. The standard InChI is InChI=1S/C12H16N2O/c1-3-8-4-5-11(15)10-6-9(7-13)14(2)12(8)10/h4-6,15H,3,7,13H2,1-2H3. The van der Waals surface area contributed by atoms with E-state index in [4.69, 9.17) is 5.73 Å². The molecule has 0 spiro atoms. The van der Waals surface area contributed by atoms with Crippen molar-refractivity contribution in [3.05, 3.63) is 29.5 Å². The van der Waals surface area contributed by atoms with Gasteiger partial charge in [0.25, 0.3) is 0 Å². The summed E-state index contributed by atoms with van der Waals surface area (Å²) in [6.07, 6.45) is 0.957. The Balaban J connectivity index is 2.85. The lowest BCUT2D eigenvalue weighted by Gasteiger charge is -2.06. The monoisotopic (exact) mass is 204 g/mol. The van der Waals surface area contributed by atoms with Crippen molar-refractivity contribution in [3.8, 4) is 5.75 Å². The van der Waals surface area contributed by atoms with Crippen molar-refractivity contribution < 1.29 is 5.11 Å². The first-order chi connectivity index (χ1) is 7.19. The molecule has 0 unspecified atom stereocenters. The van der Waals surface area contributed by atoms with Crippen molar-refractivity contribution in [2.24, 2.45) is 12.8 Å². The minimum Gasteiger partial charge on any atom is -0.507 e. The maximum absolute atomic E-state index is 9.77. The molecule has 2 rings (SSSR count). The summed E-state index contributed by atoms with van der Waals surface area (Å²) in [6, 6.07) is 5.68. The van der Waals surface area contributed by atoms with Gasteiger partial charge in [-0.2, -0.15) is 0 Å². The Kier molecular flexibility index (Phi) is 2.40. The van der Waals surface area contributed by atoms with Gasteiger partial charge in [-0.3, -0.25) is 0 Å². The fourth-order valence-corrected chi connectivity index (χ4v) is 2.07. The lowest BCUT2D eigenvalue weighted by molar-refractivity contribution is 0.481. The Morgan fingerprint density at radius 3 is 2.73 bits per heavy atom. The Labute approximate surface area is 89.1 Å². The zero-order valence-corrected chi connectivity index (χ0v) is 9.12. The maximum atomic E-state index is 9.77. The molecule has 0 saturated heterocycles. The molecule has 0 fully saturated rings. The van der Waals surface area contributed by atoms with Crippen LogP contribution in [-0.4, -0.2) is 9.67 Å². The minimum atomic E-state index is 0.331. The number of hydrogen-bond donors (Lipinski definition) is 2. The van der Waals surface area contributed by atoms with Gasteiger partial charge in [-0.25, -0.2) is 0 Å². The fraction of sp³-hybridized carbons (Fsp3) is 0.333. The first-order valence-corrected chi connectivity index (χ1v) is 5.18. The highest BCUT2D eigenvalue weighted by atomic mass is 16.3. The second-order valence-electron chi connectivity index (χ2n) is 3.76. The molecule has 0 aliphatic heterocycles. The first kappa shape index (κ1) is 10.1. The van der Waals surface area contributed by atoms with Crippen LogP contribution in [0.15, 0.2) is 18.2 Å². The maximum Gasteiger partial charge on any atom is 0.124 e. The highest BCUT2D eigenvalue weighted by Crippen LogP contribution is 2.30. The van der Waals surface area contributed by atoms with Gasteiger partial charge >= 0.3 is 0 Å². The zero-order valence-electron chi connectivity index (χ0n) is 9.12. The summed E-state index contributed by atoms with van der Waals surface area (Å²) in [5.74, 6) is 0.331. The lowest BCUT2D eigenvalue weighted by Crippen LogP contribution is -2.03. The van der Waals surface area contributed by atoms with Gasteiger partial charge in [-0.05, 0) is 24.1 Å². The molecule has 0 radical (unpaired) electrons. The average molecular weight is 204 g/mol. The zero-order chi connectivity index (χ0) is 11.0. The molecule has 0 amide bonds. The molecule has 3 heteroatoms. The van der Waals surface area contributed by atoms with E-state index in [1.54, 1.807) is 6.07 Å². The molecule has 2 aromatic rings. The van der Waals surface area contributed by atoms with Crippen LogP contribution in [0.25, 0.3) is 10.9 Å². The molecule has 1 aromatic carbocycles. The van der Waals surface area contributed by atoms with Crippen LogP contribution in [0.5, 0.6) is 5.75 Å². The van der Waals surface area contributed by atoms with Gasteiger partial charge in [-0.1, -0.05) is 13.0 Å². The largest absolute Gasteiger partial charge is 0.507 e. The number of phenolic OH excluding ortho intramolecular Hbond substituents is 1. The summed E-state index contributed by atoms with van der Waals surface area (Å²) in [6.45, 7) is 2.61. The average Bonchev–Trinajstić information content (AvgIpc) is 2.58. The van der Waals surface area contributed by atoms with Gasteiger partial charge in [0.1, 0.15) is 5.75 Å². The molecule has 0 aliphatic rings. The Bertz CT molecular complexity index is 500. The molecule has 3 N–H and O–H groups in total. The van der Waals surface area contributed by atoms with Crippen molar-refractivity contribution >= 4 is 10.9 Å². The van der Waals surface area contributed by atoms with Crippen LogP contribution in [0.3, 0.4) is 0 Å². The van der Waals surface area contributed by atoms with E-state index in [-0.39, 0.29) is 0 Å². The van der Waals surface area contributed by atoms with Crippen LogP contribution in [0, 0.1) is 0 Å². The topological polar surface area (TPSA) is 51.2 Å². The van der Waals surface area contributed by atoms with Gasteiger partial charge < -0.3 is 15.4 Å². The molecule has 0 saturated carbocycles. The van der Waals surface area contributed by atoms with Crippen molar-refractivity contribution in [3.63, 3.8) is 0 Å². The highest BCUT2D eigenvalue weighted by molar-refractivity contribution is 5.89. The van der Waals surface area contributed by atoms with Gasteiger partial charge in [0, 0.05) is 24.7 Å². The number of benzene rings is 1. The highest BCUT2D eigenvalue weighted by Gasteiger charge is 2.11. The summed E-state index contributed by atoms with van der Waals surface area (Å²) < 4.78 is 2.06. The Morgan fingerprint density at radius 1 is 1.40 bits per heavy atom. The van der Waals surface area contributed by atoms with E-state index < -0.39 is 0 Å². The van der Waals surface area contributed by atoms with Crippen molar-refractivity contribution in [2.75, 3.05) is 0 Å². The van der Waals surface area contributed by atoms with E-state index in [1.165, 1.54) is 5.56 Å². The predicted octanol–water partition coefficient (Wildman–Crippen LogP) is 1.90. The van der Waals surface area contributed by atoms with Crippen molar-refractivity contribution in [1.82, 2.24) is 4.57 Å². The number of nitrogens with zero attached hydrogens (tertiary/aromatic N) is 1. The van der Waals surface area contributed by atoms with Crippen molar-refractivity contribution in [2.45, 2.75) is 19.9 Å². The van der Waals surface area contributed by atoms with Crippen LogP contribution < -0.4 is 5.73 Å².